The monoisotopic (exact) mass is 426 g/mol. The summed E-state index contributed by atoms with van der Waals surface area (Å²) in [4.78, 5) is 31.6. The van der Waals surface area contributed by atoms with E-state index >= 15 is 0 Å². The van der Waals surface area contributed by atoms with Gasteiger partial charge < -0.3 is 19.5 Å². The van der Waals surface area contributed by atoms with E-state index in [9.17, 15) is 9.59 Å². The van der Waals surface area contributed by atoms with Crippen molar-refractivity contribution in [2.24, 2.45) is 11.8 Å². The van der Waals surface area contributed by atoms with Crippen molar-refractivity contribution in [2.75, 3.05) is 19.7 Å². The Morgan fingerprint density at radius 3 is 2.52 bits per heavy atom. The second-order valence-corrected chi connectivity index (χ2v) is 8.75. The van der Waals surface area contributed by atoms with Crippen LogP contribution in [-0.4, -0.2) is 46.6 Å². The van der Waals surface area contributed by atoms with E-state index in [1.165, 1.54) is 0 Å². The molecule has 1 aliphatic carbocycles. The van der Waals surface area contributed by atoms with E-state index in [2.05, 4.69) is 15.5 Å². The number of nitrogens with one attached hydrogen (secondary N) is 1. The Morgan fingerprint density at radius 2 is 1.87 bits per heavy atom. The topological polar surface area (TPSA) is 97.6 Å². The number of piperidine rings is 1. The molecule has 1 atom stereocenters. The third kappa shape index (κ3) is 5.42. The summed E-state index contributed by atoms with van der Waals surface area (Å²) >= 11 is 0. The molecule has 8 nitrogen and oxygen atoms in total. The van der Waals surface area contributed by atoms with Crippen molar-refractivity contribution in [2.45, 2.75) is 51.5 Å². The predicted octanol–water partition coefficient (Wildman–Crippen LogP) is 3.08. The third-order valence-corrected chi connectivity index (χ3v) is 5.95. The summed E-state index contributed by atoms with van der Waals surface area (Å²) in [5.74, 6) is 2.25. The number of aromatic nitrogens is 2. The molecule has 1 aromatic heterocycles. The maximum absolute atomic E-state index is 12.9. The van der Waals surface area contributed by atoms with E-state index in [0.29, 0.717) is 43.5 Å². The maximum atomic E-state index is 12.9. The molecular weight excluding hydrogens is 396 g/mol. The fourth-order valence-electron chi connectivity index (χ4n) is 3.81. The van der Waals surface area contributed by atoms with Crippen molar-refractivity contribution in [3.8, 4) is 5.75 Å². The molecule has 2 heterocycles. The average Bonchev–Trinajstić information content (AvgIpc) is 3.53. The average molecular weight is 427 g/mol. The Hall–Kier alpha value is -2.90. The first kappa shape index (κ1) is 21.3. The molecule has 8 heteroatoms. The van der Waals surface area contributed by atoms with Gasteiger partial charge in [-0.2, -0.15) is 4.98 Å². The highest BCUT2D eigenvalue weighted by Gasteiger charge is 2.33. The fraction of sp³-hybridized carbons (Fsp3) is 0.565. The third-order valence-electron chi connectivity index (χ3n) is 5.95. The fourth-order valence-corrected chi connectivity index (χ4v) is 3.81. The van der Waals surface area contributed by atoms with E-state index in [1.807, 2.05) is 44.2 Å². The zero-order chi connectivity index (χ0) is 21.8. The summed E-state index contributed by atoms with van der Waals surface area (Å²) in [7, 11) is 0. The van der Waals surface area contributed by atoms with Crippen LogP contribution in [0.1, 0.15) is 63.2 Å². The van der Waals surface area contributed by atoms with Crippen molar-refractivity contribution < 1.29 is 18.8 Å². The van der Waals surface area contributed by atoms with Crippen molar-refractivity contribution in [1.29, 1.82) is 0 Å². The molecule has 0 spiro atoms. The standard InChI is InChI=1S/C23H30N4O4/c1-15(2)20(23-25-21(26-31-23)16-8-9-16)24-22(29)17-10-12-27(13-11-17)19(28)14-30-18-6-4-3-5-7-18/h3-7,15-17,20H,8-14H2,1-2H3,(H,24,29). The summed E-state index contributed by atoms with van der Waals surface area (Å²) in [6, 6.07) is 8.99. The zero-order valence-corrected chi connectivity index (χ0v) is 18.1. The van der Waals surface area contributed by atoms with Crippen molar-refractivity contribution >= 4 is 11.8 Å². The highest BCUT2D eigenvalue weighted by atomic mass is 16.5. The number of rotatable bonds is 8. The molecule has 1 saturated carbocycles. The van der Waals surface area contributed by atoms with Crippen LogP contribution in [0, 0.1) is 11.8 Å². The molecule has 2 fully saturated rings. The first-order valence-electron chi connectivity index (χ1n) is 11.1. The summed E-state index contributed by atoms with van der Waals surface area (Å²) in [5.41, 5.74) is 0. The molecule has 1 aromatic carbocycles. The van der Waals surface area contributed by atoms with E-state index in [4.69, 9.17) is 9.26 Å². The highest BCUT2D eigenvalue weighted by Crippen LogP contribution is 2.38. The van der Waals surface area contributed by atoms with Crippen molar-refractivity contribution in [3.05, 3.63) is 42.0 Å². The molecule has 1 unspecified atom stereocenters. The molecule has 1 N–H and O–H groups in total. The number of amides is 2. The first-order chi connectivity index (χ1) is 15.0. The van der Waals surface area contributed by atoms with Gasteiger partial charge in [-0.25, -0.2) is 0 Å². The van der Waals surface area contributed by atoms with Gasteiger partial charge in [0.1, 0.15) is 11.8 Å². The molecule has 1 saturated heterocycles. The van der Waals surface area contributed by atoms with Gasteiger partial charge in [0.05, 0.1) is 0 Å². The number of ether oxygens (including phenoxy) is 1. The molecule has 0 bridgehead atoms. The minimum atomic E-state index is -0.300. The smallest absolute Gasteiger partial charge is 0.260 e. The Kier molecular flexibility index (Phi) is 6.53. The lowest BCUT2D eigenvalue weighted by molar-refractivity contribution is -0.137. The Bertz CT molecular complexity index is 886. The maximum Gasteiger partial charge on any atom is 0.260 e. The number of carbonyl (C=O) groups is 2. The molecule has 4 rings (SSSR count). The van der Waals surface area contributed by atoms with Gasteiger partial charge in [0, 0.05) is 24.9 Å². The number of hydrogen-bond acceptors (Lipinski definition) is 6. The van der Waals surface area contributed by atoms with Gasteiger partial charge in [0.15, 0.2) is 12.4 Å². The van der Waals surface area contributed by atoms with Gasteiger partial charge in [-0.15, -0.1) is 0 Å². The SMILES string of the molecule is CC(C)C(NC(=O)C1CCN(C(=O)COc2ccccc2)CC1)c1nc(C2CC2)no1. The lowest BCUT2D eigenvalue weighted by atomic mass is 9.94. The largest absolute Gasteiger partial charge is 0.484 e. The van der Waals surface area contributed by atoms with E-state index in [1.54, 1.807) is 4.90 Å². The van der Waals surface area contributed by atoms with Gasteiger partial charge >= 0.3 is 0 Å². The number of benzene rings is 1. The first-order valence-corrected chi connectivity index (χ1v) is 11.1. The highest BCUT2D eigenvalue weighted by molar-refractivity contribution is 5.80. The van der Waals surface area contributed by atoms with Crippen LogP contribution in [0.15, 0.2) is 34.9 Å². The second kappa shape index (κ2) is 9.49. The van der Waals surface area contributed by atoms with Crippen molar-refractivity contribution in [1.82, 2.24) is 20.4 Å². The lowest BCUT2D eigenvalue weighted by Crippen LogP contribution is -2.45. The van der Waals surface area contributed by atoms with Crippen LogP contribution in [0.3, 0.4) is 0 Å². The van der Waals surface area contributed by atoms with Gasteiger partial charge in [0.2, 0.25) is 11.8 Å². The molecule has 2 aromatic rings. The van der Waals surface area contributed by atoms with E-state index in [-0.39, 0.29) is 36.3 Å². The van der Waals surface area contributed by atoms with Crippen LogP contribution in [0.4, 0.5) is 0 Å². The minimum absolute atomic E-state index is 0.0107. The zero-order valence-electron chi connectivity index (χ0n) is 18.1. The number of para-hydroxylation sites is 1. The Balaban J connectivity index is 1.26. The number of nitrogens with zero attached hydrogens (tertiary/aromatic N) is 3. The van der Waals surface area contributed by atoms with Crippen LogP contribution in [0.2, 0.25) is 0 Å². The van der Waals surface area contributed by atoms with Gasteiger partial charge in [-0.05, 0) is 43.7 Å². The number of hydrogen-bond donors (Lipinski definition) is 1. The van der Waals surface area contributed by atoms with Crippen LogP contribution in [0.25, 0.3) is 0 Å². The van der Waals surface area contributed by atoms with Crippen LogP contribution in [0.5, 0.6) is 5.75 Å². The summed E-state index contributed by atoms with van der Waals surface area (Å²) in [6.07, 6.45) is 3.46. The molecule has 2 amide bonds. The van der Waals surface area contributed by atoms with Crippen LogP contribution >= 0.6 is 0 Å². The molecule has 0 radical (unpaired) electrons. The van der Waals surface area contributed by atoms with Crippen LogP contribution < -0.4 is 10.1 Å². The quantitative estimate of drug-likeness (QED) is 0.697. The van der Waals surface area contributed by atoms with E-state index < -0.39 is 0 Å². The summed E-state index contributed by atoms with van der Waals surface area (Å²) in [5, 5.41) is 7.18. The Morgan fingerprint density at radius 1 is 1.16 bits per heavy atom. The second-order valence-electron chi connectivity index (χ2n) is 8.75. The summed E-state index contributed by atoms with van der Waals surface area (Å²) in [6.45, 7) is 5.16. The lowest BCUT2D eigenvalue weighted by Gasteiger charge is -2.32. The molecule has 166 valence electrons. The van der Waals surface area contributed by atoms with Gasteiger partial charge in [-0.1, -0.05) is 37.2 Å². The number of carbonyl (C=O) groups excluding carboxylic acids is 2. The van der Waals surface area contributed by atoms with Gasteiger partial charge in [0.25, 0.3) is 5.91 Å². The molecular formula is C23H30N4O4. The van der Waals surface area contributed by atoms with Gasteiger partial charge in [-0.3, -0.25) is 9.59 Å². The molecule has 2 aliphatic rings. The minimum Gasteiger partial charge on any atom is -0.484 e. The van der Waals surface area contributed by atoms with E-state index in [0.717, 1.165) is 18.7 Å². The molecule has 31 heavy (non-hydrogen) atoms. The molecule has 1 aliphatic heterocycles. The normalized spacial score (nSPS) is 18.1. The predicted molar refractivity (Wildman–Crippen MR) is 113 cm³/mol. The van der Waals surface area contributed by atoms with Crippen LogP contribution in [-0.2, 0) is 9.59 Å². The Labute approximate surface area is 182 Å². The number of likely N-dealkylation sites (tertiary alicyclic amines) is 1. The summed E-state index contributed by atoms with van der Waals surface area (Å²) < 4.78 is 11.0. The van der Waals surface area contributed by atoms with Crippen molar-refractivity contribution in [3.63, 3.8) is 0 Å².